The molecule has 0 aliphatic carbocycles. The van der Waals surface area contributed by atoms with Crippen molar-refractivity contribution in [3.63, 3.8) is 0 Å². The molecule has 0 spiro atoms. The Morgan fingerprint density at radius 2 is 1.88 bits per heavy atom. The minimum absolute atomic E-state index is 0.0607. The molecule has 3 amide bonds. The monoisotopic (exact) mass is 469 g/mol. The molecule has 0 rings (SSSR count). The second-order valence-corrected chi connectivity index (χ2v) is 8.11. The Morgan fingerprint density at radius 3 is 2.36 bits per heavy atom. The second kappa shape index (κ2) is 21.4. The van der Waals surface area contributed by atoms with E-state index in [-0.39, 0.29) is 50.7 Å². The zero-order valence-corrected chi connectivity index (χ0v) is 20.5. The largest absolute Gasteiger partial charge is 0.393 e. The third-order valence-electron chi connectivity index (χ3n) is 4.80. The third kappa shape index (κ3) is 19.9. The molecule has 0 bridgehead atoms. The summed E-state index contributed by atoms with van der Waals surface area (Å²) in [6.45, 7) is 10.8. The van der Waals surface area contributed by atoms with E-state index in [1.54, 1.807) is 13.1 Å². The number of nitrogens with one attached hydrogen (secondary N) is 1. The second-order valence-electron chi connectivity index (χ2n) is 8.11. The van der Waals surface area contributed by atoms with Gasteiger partial charge in [-0.05, 0) is 45.1 Å². The van der Waals surface area contributed by atoms with Crippen molar-refractivity contribution in [3.05, 3.63) is 12.2 Å². The van der Waals surface area contributed by atoms with E-state index in [4.69, 9.17) is 11.0 Å². The van der Waals surface area contributed by atoms with Crippen molar-refractivity contribution < 1.29 is 24.7 Å². The van der Waals surface area contributed by atoms with Gasteiger partial charge in [0.05, 0.1) is 6.10 Å². The molecule has 2 unspecified atom stereocenters. The maximum absolute atomic E-state index is 11.8. The number of carbonyl (C=O) groups excluding carboxylic acids is 3. The fraction of sp³-hybridized carbons (Fsp3) is 0.739. The molecular weight excluding hydrogens is 426 g/mol. The molecule has 190 valence electrons. The number of allylic oxidation sites excluding steroid dienone is 1. The summed E-state index contributed by atoms with van der Waals surface area (Å²) in [5.41, 5.74) is 6.65. The fourth-order valence-corrected chi connectivity index (χ4v) is 2.67. The van der Waals surface area contributed by atoms with E-state index >= 15 is 0 Å². The lowest BCUT2D eigenvalue weighted by Gasteiger charge is -2.20. The molecule has 10 nitrogen and oxygen atoms in total. The third-order valence-corrected chi connectivity index (χ3v) is 4.80. The predicted octanol–water partition coefficient (Wildman–Crippen LogP) is 1.92. The highest BCUT2D eigenvalue weighted by atomic mass is 16.5. The SMILES string of the molecule is C=C(C)CCC.CC(CNC(=O)CCC(=O)N(O)CCCCCN)C(O)CCN(C#N)C=O. The van der Waals surface area contributed by atoms with Crippen LogP contribution in [-0.2, 0) is 14.4 Å². The maximum atomic E-state index is 11.8. The highest BCUT2D eigenvalue weighted by Gasteiger charge is 2.17. The number of aliphatic hydroxyl groups excluding tert-OH is 1. The summed E-state index contributed by atoms with van der Waals surface area (Å²) >= 11 is 0. The number of rotatable bonds is 17. The molecule has 0 aliphatic rings. The molecule has 0 fully saturated rings. The Morgan fingerprint density at radius 1 is 1.21 bits per heavy atom. The first-order chi connectivity index (χ1) is 15.6. The number of nitrogens with zero attached hydrogens (tertiary/aromatic N) is 3. The smallest absolute Gasteiger partial charge is 0.246 e. The minimum atomic E-state index is -0.788. The van der Waals surface area contributed by atoms with Crippen LogP contribution in [0.15, 0.2) is 12.2 Å². The number of unbranched alkanes of at least 4 members (excludes halogenated alkanes) is 2. The van der Waals surface area contributed by atoms with Gasteiger partial charge >= 0.3 is 0 Å². The van der Waals surface area contributed by atoms with Crippen LogP contribution in [0, 0.1) is 17.4 Å². The predicted molar refractivity (Wildman–Crippen MR) is 127 cm³/mol. The van der Waals surface area contributed by atoms with Gasteiger partial charge in [-0.15, -0.1) is 6.58 Å². The van der Waals surface area contributed by atoms with Crippen molar-refractivity contribution in [1.29, 1.82) is 5.26 Å². The van der Waals surface area contributed by atoms with Crippen molar-refractivity contribution in [3.8, 4) is 6.19 Å². The van der Waals surface area contributed by atoms with Gasteiger partial charge in [0, 0.05) is 32.5 Å². The molecule has 0 aliphatic heterocycles. The van der Waals surface area contributed by atoms with Gasteiger partial charge in [0.2, 0.25) is 18.2 Å². The molecule has 10 heteroatoms. The zero-order chi connectivity index (χ0) is 25.6. The van der Waals surface area contributed by atoms with E-state index in [0.29, 0.717) is 24.4 Å². The summed E-state index contributed by atoms with van der Waals surface area (Å²) in [5, 5.41) is 31.4. The lowest BCUT2D eigenvalue weighted by molar-refractivity contribution is -0.166. The maximum Gasteiger partial charge on any atom is 0.246 e. The lowest BCUT2D eigenvalue weighted by Crippen LogP contribution is -2.36. The molecule has 0 aromatic carbocycles. The molecule has 0 aromatic rings. The van der Waals surface area contributed by atoms with Crippen LogP contribution < -0.4 is 11.1 Å². The highest BCUT2D eigenvalue weighted by Crippen LogP contribution is 2.07. The van der Waals surface area contributed by atoms with Crippen LogP contribution >= 0.6 is 0 Å². The Balaban J connectivity index is 0. The van der Waals surface area contributed by atoms with E-state index in [9.17, 15) is 24.7 Å². The summed E-state index contributed by atoms with van der Waals surface area (Å²) in [6, 6.07) is 0. The number of hydrogen-bond donors (Lipinski definition) is 4. The van der Waals surface area contributed by atoms with Gasteiger partial charge in [-0.3, -0.25) is 24.5 Å². The minimum Gasteiger partial charge on any atom is -0.393 e. The van der Waals surface area contributed by atoms with Crippen molar-refractivity contribution in [2.24, 2.45) is 11.7 Å². The Hall–Kier alpha value is -2.48. The number of amides is 3. The van der Waals surface area contributed by atoms with Crippen molar-refractivity contribution in [2.45, 2.75) is 78.2 Å². The molecule has 0 radical (unpaired) electrons. The van der Waals surface area contributed by atoms with E-state index in [2.05, 4.69) is 25.7 Å². The van der Waals surface area contributed by atoms with Gasteiger partial charge in [-0.1, -0.05) is 32.3 Å². The summed E-state index contributed by atoms with van der Waals surface area (Å²) in [6.07, 6.45) is 6.03. The first-order valence-electron chi connectivity index (χ1n) is 11.5. The Kier molecular flexibility index (Phi) is 21.2. The first-order valence-corrected chi connectivity index (χ1v) is 11.5. The normalized spacial score (nSPS) is 11.8. The van der Waals surface area contributed by atoms with Crippen molar-refractivity contribution in [1.82, 2.24) is 15.3 Å². The molecule has 5 N–H and O–H groups in total. The van der Waals surface area contributed by atoms with E-state index in [0.717, 1.165) is 17.7 Å². The van der Waals surface area contributed by atoms with Crippen molar-refractivity contribution >= 4 is 18.2 Å². The molecule has 0 heterocycles. The zero-order valence-electron chi connectivity index (χ0n) is 20.5. The summed E-state index contributed by atoms with van der Waals surface area (Å²) in [7, 11) is 0. The van der Waals surface area contributed by atoms with Crippen LogP contribution in [0.5, 0.6) is 0 Å². The number of carbonyl (C=O) groups is 3. The molecule has 2 atom stereocenters. The highest BCUT2D eigenvalue weighted by molar-refractivity contribution is 5.83. The van der Waals surface area contributed by atoms with Gasteiger partial charge < -0.3 is 16.2 Å². The van der Waals surface area contributed by atoms with Gasteiger partial charge in [-0.25, -0.2) is 5.06 Å². The number of aliphatic hydroxyl groups is 1. The molecule has 0 saturated heterocycles. The van der Waals surface area contributed by atoms with E-state index < -0.39 is 12.0 Å². The van der Waals surface area contributed by atoms with Crippen LogP contribution in [-0.4, -0.2) is 70.8 Å². The Bertz CT molecular complexity index is 609. The molecule has 0 saturated carbocycles. The number of hydroxylamine groups is 2. The van der Waals surface area contributed by atoms with Crippen LogP contribution in [0.1, 0.15) is 72.1 Å². The first kappa shape index (κ1) is 32.7. The van der Waals surface area contributed by atoms with Gasteiger partial charge in [0.25, 0.3) is 0 Å². The van der Waals surface area contributed by atoms with Gasteiger partial charge in [0.15, 0.2) is 6.19 Å². The average molecular weight is 470 g/mol. The molecule has 33 heavy (non-hydrogen) atoms. The topological polar surface area (TPSA) is 160 Å². The number of nitriles is 1. The summed E-state index contributed by atoms with van der Waals surface area (Å²) in [4.78, 5) is 34.9. The molecule has 0 aromatic heterocycles. The summed E-state index contributed by atoms with van der Waals surface area (Å²) in [5.74, 6) is -1.16. The summed E-state index contributed by atoms with van der Waals surface area (Å²) < 4.78 is 0. The van der Waals surface area contributed by atoms with Crippen LogP contribution in [0.3, 0.4) is 0 Å². The fourth-order valence-electron chi connectivity index (χ4n) is 2.67. The standard InChI is InChI=1S/C17H31N5O5.C6H12/c1-14(15(24)7-10-21(12-19)13-23)11-20-16(25)5-6-17(26)22(27)9-4-2-3-8-18;1-4-5-6(2)3/h13-15,24,27H,2-11,18H2,1H3,(H,20,25);2,4-5H2,1,3H3. The quantitative estimate of drug-likeness (QED) is 0.0481. The number of nitrogens with two attached hydrogens (primary N) is 1. The van der Waals surface area contributed by atoms with Gasteiger partial charge in [-0.2, -0.15) is 5.26 Å². The van der Waals surface area contributed by atoms with Crippen LogP contribution in [0.25, 0.3) is 0 Å². The van der Waals surface area contributed by atoms with E-state index in [1.807, 2.05) is 0 Å². The molecular formula is C23H43N5O5. The van der Waals surface area contributed by atoms with E-state index in [1.165, 1.54) is 18.4 Å². The number of hydrogen-bond acceptors (Lipinski definition) is 7. The van der Waals surface area contributed by atoms with Crippen molar-refractivity contribution in [2.75, 3.05) is 26.2 Å². The Labute approximate surface area is 198 Å². The van der Waals surface area contributed by atoms with Crippen LogP contribution in [0.2, 0.25) is 0 Å². The van der Waals surface area contributed by atoms with Gasteiger partial charge in [0.1, 0.15) is 0 Å². The lowest BCUT2D eigenvalue weighted by atomic mass is 10.0. The average Bonchev–Trinajstić information content (AvgIpc) is 2.79. The van der Waals surface area contributed by atoms with Crippen LogP contribution in [0.4, 0.5) is 0 Å².